The number of hydrogen-bond donors (Lipinski definition) is 1. The van der Waals surface area contributed by atoms with E-state index in [2.05, 4.69) is 12.2 Å². The molecule has 0 saturated carbocycles. The first-order chi connectivity index (χ1) is 8.74. The third-order valence-corrected chi connectivity index (χ3v) is 2.81. The Morgan fingerprint density at radius 2 is 2.22 bits per heavy atom. The van der Waals surface area contributed by atoms with Gasteiger partial charge in [0, 0.05) is 12.5 Å². The lowest BCUT2D eigenvalue weighted by atomic mass is 10.2. The number of furan rings is 1. The largest absolute Gasteiger partial charge is 0.459 e. The summed E-state index contributed by atoms with van der Waals surface area (Å²) in [6.45, 7) is 3.52. The Labute approximate surface area is 106 Å². The highest BCUT2D eigenvalue weighted by atomic mass is 19.1. The Morgan fingerprint density at radius 3 is 2.94 bits per heavy atom. The van der Waals surface area contributed by atoms with Crippen LogP contribution >= 0.6 is 0 Å². The van der Waals surface area contributed by atoms with E-state index in [0.29, 0.717) is 12.2 Å². The average molecular weight is 251 g/mol. The van der Waals surface area contributed by atoms with E-state index >= 15 is 0 Å². The molecule has 0 aliphatic heterocycles. The lowest BCUT2D eigenvalue weighted by Gasteiger charge is -2.14. The van der Waals surface area contributed by atoms with Crippen molar-refractivity contribution in [1.82, 2.24) is 5.32 Å². The Bertz CT molecular complexity index is 509. The van der Waals surface area contributed by atoms with E-state index in [1.165, 1.54) is 12.1 Å². The number of hydrogen-bond acceptors (Lipinski definition) is 3. The smallest absolute Gasteiger partial charge is 0.134 e. The Morgan fingerprint density at radius 1 is 1.39 bits per heavy atom. The zero-order valence-electron chi connectivity index (χ0n) is 10.7. The van der Waals surface area contributed by atoms with E-state index in [9.17, 15) is 4.39 Å². The van der Waals surface area contributed by atoms with Gasteiger partial charge in [0.2, 0.25) is 0 Å². The maximum Gasteiger partial charge on any atom is 0.134 e. The number of nitrogens with one attached hydrogen (secondary N) is 1. The van der Waals surface area contributed by atoms with Gasteiger partial charge in [-0.1, -0.05) is 6.92 Å². The van der Waals surface area contributed by atoms with Gasteiger partial charge in [-0.05, 0) is 37.2 Å². The van der Waals surface area contributed by atoms with E-state index in [1.54, 1.807) is 13.2 Å². The van der Waals surface area contributed by atoms with Crippen molar-refractivity contribution in [1.29, 1.82) is 0 Å². The first-order valence-corrected chi connectivity index (χ1v) is 6.16. The van der Waals surface area contributed by atoms with Gasteiger partial charge in [0.15, 0.2) is 0 Å². The van der Waals surface area contributed by atoms with E-state index in [4.69, 9.17) is 9.15 Å². The van der Waals surface area contributed by atoms with Crippen molar-refractivity contribution < 1.29 is 13.5 Å². The lowest BCUT2D eigenvalue weighted by Crippen LogP contribution is -2.25. The topological polar surface area (TPSA) is 34.4 Å². The molecular weight excluding hydrogens is 233 g/mol. The SMILES string of the molecule is CCCNC(COC)c1cc2cc(F)ccc2o1. The van der Waals surface area contributed by atoms with Crippen LogP contribution in [0.15, 0.2) is 28.7 Å². The second-order valence-corrected chi connectivity index (χ2v) is 4.29. The van der Waals surface area contributed by atoms with E-state index < -0.39 is 0 Å². The molecule has 0 bridgehead atoms. The molecule has 0 fully saturated rings. The summed E-state index contributed by atoms with van der Waals surface area (Å²) in [6.07, 6.45) is 1.04. The molecular formula is C14H18FNO2. The maximum absolute atomic E-state index is 13.1. The van der Waals surface area contributed by atoms with Crippen molar-refractivity contribution in [2.24, 2.45) is 0 Å². The van der Waals surface area contributed by atoms with Crippen molar-refractivity contribution in [3.63, 3.8) is 0 Å². The molecule has 1 aromatic heterocycles. The summed E-state index contributed by atoms with van der Waals surface area (Å²) in [4.78, 5) is 0. The fourth-order valence-corrected chi connectivity index (χ4v) is 1.93. The lowest BCUT2D eigenvalue weighted by molar-refractivity contribution is 0.158. The summed E-state index contributed by atoms with van der Waals surface area (Å²) in [5.74, 6) is 0.533. The van der Waals surface area contributed by atoms with Crippen LogP contribution in [0.5, 0.6) is 0 Å². The molecule has 0 aliphatic rings. The summed E-state index contributed by atoms with van der Waals surface area (Å²) in [7, 11) is 1.66. The molecule has 0 radical (unpaired) electrons. The van der Waals surface area contributed by atoms with Gasteiger partial charge in [0.1, 0.15) is 17.2 Å². The van der Waals surface area contributed by atoms with Crippen LogP contribution in [-0.2, 0) is 4.74 Å². The summed E-state index contributed by atoms with van der Waals surface area (Å²) < 4.78 is 24.0. The Hall–Kier alpha value is -1.39. The highest BCUT2D eigenvalue weighted by Gasteiger charge is 2.15. The normalized spacial score (nSPS) is 13.1. The summed E-state index contributed by atoms with van der Waals surface area (Å²) in [5.41, 5.74) is 0.700. The van der Waals surface area contributed by atoms with Gasteiger partial charge in [-0.3, -0.25) is 0 Å². The van der Waals surface area contributed by atoms with E-state index in [0.717, 1.165) is 24.1 Å². The molecule has 0 aliphatic carbocycles. The number of methoxy groups -OCH3 is 1. The van der Waals surface area contributed by atoms with Crippen LogP contribution in [-0.4, -0.2) is 20.3 Å². The van der Waals surface area contributed by atoms with E-state index in [-0.39, 0.29) is 11.9 Å². The second-order valence-electron chi connectivity index (χ2n) is 4.29. The molecule has 1 heterocycles. The minimum absolute atomic E-state index is 0.00501. The number of halogens is 1. The molecule has 2 aromatic rings. The van der Waals surface area contributed by atoms with E-state index in [1.807, 2.05) is 6.07 Å². The van der Waals surface area contributed by atoms with Gasteiger partial charge in [-0.25, -0.2) is 4.39 Å². The summed E-state index contributed by atoms with van der Waals surface area (Å²) in [6, 6.07) is 6.40. The predicted molar refractivity (Wildman–Crippen MR) is 69.1 cm³/mol. The average Bonchev–Trinajstić information content (AvgIpc) is 2.77. The molecule has 1 unspecified atom stereocenters. The van der Waals surface area contributed by atoms with Crippen LogP contribution in [0.2, 0.25) is 0 Å². The van der Waals surface area contributed by atoms with Gasteiger partial charge in [-0.2, -0.15) is 0 Å². The molecule has 2 rings (SSSR count). The van der Waals surface area contributed by atoms with Crippen LogP contribution in [0.1, 0.15) is 25.1 Å². The number of ether oxygens (including phenoxy) is 1. The van der Waals surface area contributed by atoms with Crippen molar-refractivity contribution in [3.8, 4) is 0 Å². The van der Waals surface area contributed by atoms with Gasteiger partial charge >= 0.3 is 0 Å². The zero-order chi connectivity index (χ0) is 13.0. The van der Waals surface area contributed by atoms with Crippen molar-refractivity contribution in [2.75, 3.05) is 20.3 Å². The molecule has 4 heteroatoms. The minimum atomic E-state index is -0.250. The molecule has 1 aromatic carbocycles. The van der Waals surface area contributed by atoms with Gasteiger partial charge in [0.25, 0.3) is 0 Å². The van der Waals surface area contributed by atoms with Crippen LogP contribution in [0.25, 0.3) is 11.0 Å². The molecule has 1 atom stereocenters. The highest BCUT2D eigenvalue weighted by molar-refractivity contribution is 5.78. The van der Waals surface area contributed by atoms with Crippen molar-refractivity contribution in [2.45, 2.75) is 19.4 Å². The summed E-state index contributed by atoms with van der Waals surface area (Å²) in [5, 5.41) is 4.13. The molecule has 0 amide bonds. The molecule has 0 spiro atoms. The molecule has 98 valence electrons. The van der Waals surface area contributed by atoms with Gasteiger partial charge in [-0.15, -0.1) is 0 Å². The second kappa shape index (κ2) is 5.98. The fourth-order valence-electron chi connectivity index (χ4n) is 1.93. The summed E-state index contributed by atoms with van der Waals surface area (Å²) >= 11 is 0. The highest BCUT2D eigenvalue weighted by Crippen LogP contribution is 2.24. The van der Waals surface area contributed by atoms with Crippen LogP contribution in [0, 0.1) is 5.82 Å². The molecule has 1 N–H and O–H groups in total. The van der Waals surface area contributed by atoms with Crippen LogP contribution in [0.4, 0.5) is 4.39 Å². The first kappa shape index (κ1) is 13.1. The first-order valence-electron chi connectivity index (χ1n) is 6.16. The van der Waals surface area contributed by atoms with Crippen molar-refractivity contribution >= 4 is 11.0 Å². The van der Waals surface area contributed by atoms with Crippen LogP contribution in [0.3, 0.4) is 0 Å². The van der Waals surface area contributed by atoms with Crippen molar-refractivity contribution in [3.05, 3.63) is 35.8 Å². The maximum atomic E-state index is 13.1. The quantitative estimate of drug-likeness (QED) is 0.855. The third-order valence-electron chi connectivity index (χ3n) is 2.81. The molecule has 18 heavy (non-hydrogen) atoms. The predicted octanol–water partition coefficient (Wildman–Crippen LogP) is 3.26. The third kappa shape index (κ3) is 2.89. The molecule has 0 saturated heterocycles. The van der Waals surface area contributed by atoms with Crippen LogP contribution < -0.4 is 5.32 Å². The number of fused-ring (bicyclic) bond motifs is 1. The number of rotatable bonds is 6. The van der Waals surface area contributed by atoms with Gasteiger partial charge in [0.05, 0.1) is 12.6 Å². The Kier molecular flexibility index (Phi) is 4.33. The molecule has 3 nitrogen and oxygen atoms in total. The monoisotopic (exact) mass is 251 g/mol. The minimum Gasteiger partial charge on any atom is -0.459 e. The standard InChI is InChI=1S/C14H18FNO2/c1-3-6-16-12(9-17-2)14-8-10-7-11(15)4-5-13(10)18-14/h4-5,7-8,12,16H,3,6,9H2,1-2H3. The van der Waals surface area contributed by atoms with Gasteiger partial charge < -0.3 is 14.5 Å². The fraction of sp³-hybridized carbons (Fsp3) is 0.429. The number of benzene rings is 1. The zero-order valence-corrected chi connectivity index (χ0v) is 10.7. The Balaban J connectivity index is 2.26.